The highest BCUT2D eigenvalue weighted by Crippen LogP contribution is 2.49. The lowest BCUT2D eigenvalue weighted by Crippen LogP contribution is -2.10. The predicted molar refractivity (Wildman–Crippen MR) is 297 cm³/mol. The van der Waals surface area contributed by atoms with Gasteiger partial charge < -0.3 is 9.32 Å². The Morgan fingerprint density at radius 1 is 0.300 bits per heavy atom. The van der Waals surface area contributed by atoms with Crippen molar-refractivity contribution in [3.05, 3.63) is 260 Å². The molecule has 1 aromatic heterocycles. The fraction of sp³-hybridized carbons (Fsp3) is 0.0588. The molecule has 0 radical (unpaired) electrons. The van der Waals surface area contributed by atoms with E-state index in [1.54, 1.807) is 0 Å². The number of rotatable bonds is 9. The molecule has 0 atom stereocenters. The molecule has 1 heterocycles. The van der Waals surface area contributed by atoms with Crippen LogP contribution in [0.1, 0.15) is 26.3 Å². The van der Waals surface area contributed by atoms with E-state index in [0.717, 1.165) is 77.9 Å². The van der Waals surface area contributed by atoms with Crippen LogP contribution in [0.2, 0.25) is 0 Å². The lowest BCUT2D eigenvalue weighted by Gasteiger charge is -2.26. The number of fused-ring (bicyclic) bond motifs is 6. The Balaban J connectivity index is 1.00. The topological polar surface area (TPSA) is 16.4 Å². The molecule has 12 aromatic rings. The Bertz CT molecular complexity index is 3690. The molecule has 0 amide bonds. The van der Waals surface area contributed by atoms with Crippen LogP contribution < -0.4 is 4.90 Å². The fourth-order valence-corrected chi connectivity index (χ4v) is 10.1. The summed E-state index contributed by atoms with van der Waals surface area (Å²) < 4.78 is 7.25. The fourth-order valence-electron chi connectivity index (χ4n) is 10.1. The van der Waals surface area contributed by atoms with Gasteiger partial charge in [-0.1, -0.05) is 227 Å². The van der Waals surface area contributed by atoms with Crippen molar-refractivity contribution in [2.45, 2.75) is 26.2 Å². The van der Waals surface area contributed by atoms with Gasteiger partial charge in [-0.25, -0.2) is 0 Å². The van der Waals surface area contributed by atoms with E-state index in [1.165, 1.54) is 44.2 Å². The quantitative estimate of drug-likeness (QED) is 0.134. The Labute approximate surface area is 410 Å². The van der Waals surface area contributed by atoms with Crippen LogP contribution in [-0.2, 0) is 5.41 Å². The predicted octanol–water partition coefficient (Wildman–Crippen LogP) is 19.5. The number of hydrogen-bond donors (Lipinski definition) is 0. The zero-order valence-corrected chi connectivity index (χ0v) is 39.6. The molecule has 2 nitrogen and oxygen atoms in total. The van der Waals surface area contributed by atoms with Crippen molar-refractivity contribution in [3.63, 3.8) is 0 Å². The van der Waals surface area contributed by atoms with Gasteiger partial charge in [-0.3, -0.25) is 0 Å². The number of benzene rings is 11. The van der Waals surface area contributed by atoms with Gasteiger partial charge in [-0.15, -0.1) is 0 Å². The second-order valence-electron chi connectivity index (χ2n) is 19.3. The third-order valence-electron chi connectivity index (χ3n) is 13.9. The third-order valence-corrected chi connectivity index (χ3v) is 13.9. The van der Waals surface area contributed by atoms with E-state index in [9.17, 15) is 0 Å². The van der Waals surface area contributed by atoms with Crippen molar-refractivity contribution in [3.8, 4) is 67.0 Å². The van der Waals surface area contributed by atoms with Gasteiger partial charge in [0, 0.05) is 39.0 Å². The first-order chi connectivity index (χ1) is 34.3. The summed E-state index contributed by atoms with van der Waals surface area (Å²) >= 11 is 0. The molecule has 0 aliphatic rings. The van der Waals surface area contributed by atoms with E-state index in [1.807, 2.05) is 0 Å². The molecular formula is C68H51NO. The number of anilines is 3. The Kier molecular flexibility index (Phi) is 10.8. The van der Waals surface area contributed by atoms with Gasteiger partial charge in [-0.05, 0) is 126 Å². The molecule has 334 valence electrons. The average Bonchev–Trinajstić information content (AvgIpc) is 3.84. The molecule has 0 aliphatic heterocycles. The van der Waals surface area contributed by atoms with Gasteiger partial charge in [-0.2, -0.15) is 0 Å². The van der Waals surface area contributed by atoms with E-state index in [2.05, 4.69) is 280 Å². The SMILES string of the molecule is CC(C)(C)c1ccc(-c2ccc3c4ccc(-c5ccc(N(c6ccc(-c7ccccc7)cc6)c6ccc(-c7ccccc7)cc6)cc5)cc4c4c(-c5ccccc5)c(-c5ccccc5)oc4c3c2)cc1. The molecule has 0 N–H and O–H groups in total. The first-order valence-electron chi connectivity index (χ1n) is 24.2. The highest BCUT2D eigenvalue weighted by molar-refractivity contribution is 6.29. The van der Waals surface area contributed by atoms with Crippen molar-refractivity contribution in [1.82, 2.24) is 0 Å². The summed E-state index contributed by atoms with van der Waals surface area (Å²) in [6, 6.07) is 92.2. The van der Waals surface area contributed by atoms with Crippen LogP contribution in [0.5, 0.6) is 0 Å². The smallest absolute Gasteiger partial charge is 0.143 e. The largest absolute Gasteiger partial charge is 0.455 e. The minimum atomic E-state index is 0.0792. The highest BCUT2D eigenvalue weighted by atomic mass is 16.3. The molecule has 12 rings (SSSR count). The van der Waals surface area contributed by atoms with Gasteiger partial charge in [0.15, 0.2) is 0 Å². The van der Waals surface area contributed by atoms with Crippen LogP contribution in [0, 0.1) is 0 Å². The lowest BCUT2D eigenvalue weighted by molar-refractivity contribution is 0.590. The van der Waals surface area contributed by atoms with E-state index < -0.39 is 0 Å². The van der Waals surface area contributed by atoms with E-state index in [0.29, 0.717) is 0 Å². The van der Waals surface area contributed by atoms with Gasteiger partial charge in [0.1, 0.15) is 11.3 Å². The molecule has 70 heavy (non-hydrogen) atoms. The molecule has 0 unspecified atom stereocenters. The standard InChI is InChI=1S/C68H51NO/c1-68(2,3)56-34-24-50(25-35-56)55-33-43-61-60-42-32-54(44-62(60)65-64(52-20-12-6-13-21-52)66(53-22-14-7-15-23-53)70-67(65)63(61)45-55)51-30-40-59(41-31-51)69(57-36-26-48(27-37-57)46-16-8-4-9-17-46)58-38-28-49(29-39-58)47-18-10-5-11-19-47/h4-45H,1-3H3. The zero-order valence-electron chi connectivity index (χ0n) is 39.6. The molecule has 0 spiro atoms. The molecule has 2 heteroatoms. The summed E-state index contributed by atoms with van der Waals surface area (Å²) in [6.45, 7) is 6.79. The van der Waals surface area contributed by atoms with Crippen LogP contribution in [0.15, 0.2) is 259 Å². The Hall–Kier alpha value is -8.72. The summed E-state index contributed by atoms with van der Waals surface area (Å²) in [7, 11) is 0. The molecule has 0 bridgehead atoms. The van der Waals surface area contributed by atoms with Crippen LogP contribution in [0.3, 0.4) is 0 Å². The van der Waals surface area contributed by atoms with E-state index in [4.69, 9.17) is 4.42 Å². The van der Waals surface area contributed by atoms with Crippen molar-refractivity contribution in [2.75, 3.05) is 4.90 Å². The van der Waals surface area contributed by atoms with Crippen molar-refractivity contribution < 1.29 is 4.42 Å². The van der Waals surface area contributed by atoms with Crippen LogP contribution >= 0.6 is 0 Å². The van der Waals surface area contributed by atoms with Gasteiger partial charge in [0.2, 0.25) is 0 Å². The molecule has 0 saturated heterocycles. The average molecular weight is 898 g/mol. The maximum absolute atomic E-state index is 7.25. The molecular weight excluding hydrogens is 847 g/mol. The molecule has 0 saturated carbocycles. The van der Waals surface area contributed by atoms with E-state index in [-0.39, 0.29) is 5.41 Å². The van der Waals surface area contributed by atoms with Crippen LogP contribution in [0.25, 0.3) is 99.5 Å². The van der Waals surface area contributed by atoms with Crippen LogP contribution in [0.4, 0.5) is 17.1 Å². The first kappa shape index (κ1) is 42.6. The highest BCUT2D eigenvalue weighted by Gasteiger charge is 2.24. The number of furan rings is 1. The van der Waals surface area contributed by atoms with Crippen molar-refractivity contribution in [1.29, 1.82) is 0 Å². The van der Waals surface area contributed by atoms with Crippen molar-refractivity contribution >= 4 is 49.6 Å². The van der Waals surface area contributed by atoms with E-state index >= 15 is 0 Å². The Morgan fingerprint density at radius 3 is 1.09 bits per heavy atom. The van der Waals surface area contributed by atoms with Crippen molar-refractivity contribution in [2.24, 2.45) is 0 Å². The maximum Gasteiger partial charge on any atom is 0.143 e. The summed E-state index contributed by atoms with van der Waals surface area (Å²) in [5, 5.41) is 5.74. The first-order valence-corrected chi connectivity index (χ1v) is 24.2. The minimum Gasteiger partial charge on any atom is -0.455 e. The second kappa shape index (κ2) is 17.7. The second-order valence-corrected chi connectivity index (χ2v) is 19.3. The number of nitrogens with zero attached hydrogens (tertiary/aromatic N) is 1. The maximum atomic E-state index is 7.25. The van der Waals surface area contributed by atoms with Gasteiger partial charge in [0.25, 0.3) is 0 Å². The normalized spacial score (nSPS) is 11.6. The summed E-state index contributed by atoms with van der Waals surface area (Å²) in [5.74, 6) is 0.874. The third kappa shape index (κ3) is 7.94. The summed E-state index contributed by atoms with van der Waals surface area (Å²) in [4.78, 5) is 2.35. The lowest BCUT2D eigenvalue weighted by atomic mass is 9.86. The molecule has 0 aliphatic carbocycles. The summed E-state index contributed by atoms with van der Waals surface area (Å²) in [5.41, 5.74) is 18.2. The molecule has 11 aromatic carbocycles. The number of hydrogen-bond acceptors (Lipinski definition) is 2. The zero-order chi connectivity index (χ0) is 47.2. The van der Waals surface area contributed by atoms with Gasteiger partial charge in [0.05, 0.1) is 0 Å². The van der Waals surface area contributed by atoms with Crippen LogP contribution in [-0.4, -0.2) is 0 Å². The Morgan fingerprint density at radius 2 is 0.643 bits per heavy atom. The monoisotopic (exact) mass is 897 g/mol. The van der Waals surface area contributed by atoms with Gasteiger partial charge >= 0.3 is 0 Å². The minimum absolute atomic E-state index is 0.0792. The summed E-state index contributed by atoms with van der Waals surface area (Å²) in [6.07, 6.45) is 0. The molecule has 0 fully saturated rings.